The van der Waals surface area contributed by atoms with Crippen molar-refractivity contribution in [3.63, 3.8) is 0 Å². The average molecular weight is 268 g/mol. The molecule has 1 nitrogen and oxygen atoms in total. The van der Waals surface area contributed by atoms with E-state index in [0.29, 0.717) is 6.42 Å². The van der Waals surface area contributed by atoms with Crippen LogP contribution in [0.3, 0.4) is 0 Å². The Balaban J connectivity index is 2.13. The highest BCUT2D eigenvalue weighted by Gasteiger charge is 2.09. The highest BCUT2D eigenvalue weighted by molar-refractivity contribution is 6.30. The Morgan fingerprint density at radius 2 is 1.72 bits per heavy atom. The van der Waals surface area contributed by atoms with Crippen molar-refractivity contribution in [1.82, 2.24) is 0 Å². The van der Waals surface area contributed by atoms with E-state index in [1.54, 1.807) is 18.2 Å². The van der Waals surface area contributed by atoms with Gasteiger partial charge in [-0.15, -0.1) is 0 Å². The lowest BCUT2D eigenvalue weighted by Crippen LogP contribution is -2.13. The molecule has 2 aromatic carbocycles. The van der Waals surface area contributed by atoms with E-state index < -0.39 is 5.82 Å². The Morgan fingerprint density at radius 1 is 1.06 bits per heavy atom. The molecule has 0 aliphatic rings. The van der Waals surface area contributed by atoms with Crippen LogP contribution in [-0.4, -0.2) is 0 Å². The second kappa shape index (κ2) is 5.46. The maximum absolute atomic E-state index is 13.0. The molecule has 0 radical (unpaired) electrons. The Hall–Kier alpha value is -1.45. The lowest BCUT2D eigenvalue weighted by atomic mass is 10.00. The second-order valence-corrected chi connectivity index (χ2v) is 4.52. The molecule has 0 aliphatic heterocycles. The highest BCUT2D eigenvalue weighted by Crippen LogP contribution is 2.22. The van der Waals surface area contributed by atoms with Crippen molar-refractivity contribution < 1.29 is 8.78 Å². The molecule has 0 amide bonds. The molecule has 0 saturated heterocycles. The molecule has 0 aliphatic carbocycles. The van der Waals surface area contributed by atoms with Gasteiger partial charge in [0.2, 0.25) is 0 Å². The van der Waals surface area contributed by atoms with Gasteiger partial charge in [0.05, 0.1) is 5.02 Å². The van der Waals surface area contributed by atoms with Gasteiger partial charge in [0.15, 0.2) is 0 Å². The van der Waals surface area contributed by atoms with Crippen LogP contribution in [0.2, 0.25) is 5.02 Å². The lowest BCUT2D eigenvalue weighted by Gasteiger charge is -2.12. The molecular formula is C14H12ClF2N. The molecular weight excluding hydrogens is 256 g/mol. The second-order valence-electron chi connectivity index (χ2n) is 4.11. The first-order valence-corrected chi connectivity index (χ1v) is 5.89. The van der Waals surface area contributed by atoms with Crippen molar-refractivity contribution in [3.05, 3.63) is 70.2 Å². The Kier molecular flexibility index (Phi) is 3.94. The van der Waals surface area contributed by atoms with E-state index in [9.17, 15) is 8.78 Å². The van der Waals surface area contributed by atoms with E-state index in [0.717, 1.165) is 11.1 Å². The normalized spacial score (nSPS) is 12.4. The van der Waals surface area contributed by atoms with E-state index in [1.165, 1.54) is 24.3 Å². The topological polar surface area (TPSA) is 26.0 Å². The summed E-state index contributed by atoms with van der Waals surface area (Å²) in [6.07, 6.45) is 0.544. The fourth-order valence-electron chi connectivity index (χ4n) is 1.74. The molecule has 2 rings (SSSR count). The third-order valence-electron chi connectivity index (χ3n) is 2.74. The molecule has 0 spiro atoms. The fraction of sp³-hybridized carbons (Fsp3) is 0.143. The van der Waals surface area contributed by atoms with Gasteiger partial charge in [-0.05, 0) is 41.8 Å². The molecule has 0 saturated carbocycles. The molecule has 0 heterocycles. The van der Waals surface area contributed by atoms with E-state index in [-0.39, 0.29) is 16.9 Å². The zero-order chi connectivity index (χ0) is 13.1. The number of hydrogen-bond donors (Lipinski definition) is 1. The Labute approximate surface area is 109 Å². The SMILES string of the molecule is NC(Cc1ccc(F)cc1)c1ccc(F)c(Cl)c1. The summed E-state index contributed by atoms with van der Waals surface area (Å²) in [6.45, 7) is 0. The van der Waals surface area contributed by atoms with Crippen LogP contribution in [0, 0.1) is 11.6 Å². The van der Waals surface area contributed by atoms with E-state index >= 15 is 0 Å². The monoisotopic (exact) mass is 267 g/mol. The third-order valence-corrected chi connectivity index (χ3v) is 3.03. The minimum Gasteiger partial charge on any atom is -0.324 e. The molecule has 1 unspecified atom stereocenters. The van der Waals surface area contributed by atoms with E-state index in [2.05, 4.69) is 0 Å². The third kappa shape index (κ3) is 3.06. The van der Waals surface area contributed by atoms with Gasteiger partial charge in [-0.1, -0.05) is 29.8 Å². The first-order valence-electron chi connectivity index (χ1n) is 5.51. The minimum absolute atomic E-state index is 0.0575. The summed E-state index contributed by atoms with van der Waals surface area (Å²) >= 11 is 5.70. The maximum Gasteiger partial charge on any atom is 0.141 e. The smallest absolute Gasteiger partial charge is 0.141 e. The molecule has 1 atom stereocenters. The molecule has 4 heteroatoms. The summed E-state index contributed by atoms with van der Waals surface area (Å²) < 4.78 is 25.8. The van der Waals surface area contributed by atoms with Gasteiger partial charge in [-0.2, -0.15) is 0 Å². The summed E-state index contributed by atoms with van der Waals surface area (Å²) in [7, 11) is 0. The summed E-state index contributed by atoms with van der Waals surface area (Å²) in [6, 6.07) is 10.3. The van der Waals surface area contributed by atoms with Gasteiger partial charge in [0.25, 0.3) is 0 Å². The zero-order valence-electron chi connectivity index (χ0n) is 9.54. The molecule has 18 heavy (non-hydrogen) atoms. The average Bonchev–Trinajstić information content (AvgIpc) is 2.35. The van der Waals surface area contributed by atoms with Gasteiger partial charge in [-0.25, -0.2) is 8.78 Å². The predicted octanol–water partition coefficient (Wildman–Crippen LogP) is 3.86. The van der Waals surface area contributed by atoms with Crippen molar-refractivity contribution >= 4 is 11.6 Å². The molecule has 0 bridgehead atoms. The van der Waals surface area contributed by atoms with Crippen molar-refractivity contribution in [2.45, 2.75) is 12.5 Å². The van der Waals surface area contributed by atoms with Crippen LogP contribution < -0.4 is 5.73 Å². The highest BCUT2D eigenvalue weighted by atomic mass is 35.5. The first kappa shape index (κ1) is 13.0. The summed E-state index contributed by atoms with van der Waals surface area (Å²) in [5, 5.41) is 0.0575. The van der Waals surface area contributed by atoms with Gasteiger partial charge in [0.1, 0.15) is 11.6 Å². The molecule has 2 aromatic rings. The predicted molar refractivity (Wildman–Crippen MR) is 68.4 cm³/mol. The van der Waals surface area contributed by atoms with Gasteiger partial charge >= 0.3 is 0 Å². The summed E-state index contributed by atoms with van der Waals surface area (Å²) in [5.41, 5.74) is 7.69. The summed E-state index contributed by atoms with van der Waals surface area (Å²) in [5.74, 6) is -0.744. The molecule has 94 valence electrons. The number of rotatable bonds is 3. The fourth-order valence-corrected chi connectivity index (χ4v) is 1.92. The van der Waals surface area contributed by atoms with Crippen molar-refractivity contribution in [1.29, 1.82) is 0 Å². The number of benzene rings is 2. The van der Waals surface area contributed by atoms with Crippen molar-refractivity contribution in [2.24, 2.45) is 5.73 Å². The van der Waals surface area contributed by atoms with Crippen LogP contribution in [0.1, 0.15) is 17.2 Å². The Bertz CT molecular complexity index is 540. The van der Waals surface area contributed by atoms with Crippen molar-refractivity contribution in [2.75, 3.05) is 0 Å². The molecule has 0 fully saturated rings. The van der Waals surface area contributed by atoms with Crippen LogP contribution in [0.4, 0.5) is 8.78 Å². The van der Waals surface area contributed by atoms with Crippen LogP contribution in [0.5, 0.6) is 0 Å². The van der Waals surface area contributed by atoms with E-state index in [4.69, 9.17) is 17.3 Å². The first-order chi connectivity index (χ1) is 8.56. The number of halogens is 3. The zero-order valence-corrected chi connectivity index (χ0v) is 10.3. The quantitative estimate of drug-likeness (QED) is 0.898. The van der Waals surface area contributed by atoms with E-state index in [1.807, 2.05) is 0 Å². The number of nitrogens with two attached hydrogens (primary N) is 1. The number of hydrogen-bond acceptors (Lipinski definition) is 1. The van der Waals surface area contributed by atoms with Crippen LogP contribution in [0.15, 0.2) is 42.5 Å². The van der Waals surface area contributed by atoms with Gasteiger partial charge in [0, 0.05) is 6.04 Å². The van der Waals surface area contributed by atoms with Gasteiger partial charge < -0.3 is 5.73 Å². The largest absolute Gasteiger partial charge is 0.324 e. The van der Waals surface area contributed by atoms with Crippen LogP contribution in [-0.2, 0) is 6.42 Å². The Morgan fingerprint density at radius 3 is 2.33 bits per heavy atom. The van der Waals surface area contributed by atoms with Crippen LogP contribution in [0.25, 0.3) is 0 Å². The molecule has 2 N–H and O–H groups in total. The minimum atomic E-state index is -0.464. The molecule has 0 aromatic heterocycles. The maximum atomic E-state index is 13.0. The lowest BCUT2D eigenvalue weighted by molar-refractivity contribution is 0.622. The van der Waals surface area contributed by atoms with Crippen molar-refractivity contribution in [3.8, 4) is 0 Å². The van der Waals surface area contributed by atoms with Gasteiger partial charge in [-0.3, -0.25) is 0 Å². The summed E-state index contributed by atoms with van der Waals surface area (Å²) in [4.78, 5) is 0. The standard InChI is InChI=1S/C14H12ClF2N/c15-12-8-10(3-6-13(12)17)14(18)7-9-1-4-11(16)5-2-9/h1-6,8,14H,7,18H2. The van der Waals surface area contributed by atoms with Crippen LogP contribution >= 0.6 is 11.6 Å².